The lowest BCUT2D eigenvalue weighted by molar-refractivity contribution is -0.173. The molecule has 0 saturated carbocycles. The van der Waals surface area contributed by atoms with Crippen molar-refractivity contribution < 1.29 is 22.1 Å². The fraction of sp³-hybridized carbons (Fsp3) is 1.00. The average molecular weight is 261 g/mol. The van der Waals surface area contributed by atoms with Gasteiger partial charge in [-0.2, -0.15) is 13.2 Å². The largest absolute Gasteiger partial charge is 0.411 e. The van der Waals surface area contributed by atoms with Crippen LogP contribution in [0.25, 0.3) is 0 Å². The second-order valence-corrected chi connectivity index (χ2v) is 5.87. The van der Waals surface area contributed by atoms with Crippen LogP contribution in [0.15, 0.2) is 0 Å². The number of hydrogen-bond donors (Lipinski definition) is 1. The van der Waals surface area contributed by atoms with E-state index in [1.165, 1.54) is 0 Å². The van der Waals surface area contributed by atoms with Gasteiger partial charge in [0, 0.05) is 34.5 Å². The zero-order valence-corrected chi connectivity index (χ0v) is 10.3. The van der Waals surface area contributed by atoms with Gasteiger partial charge in [0.05, 0.1) is 0 Å². The Hall–Kier alpha value is -0.140. The van der Waals surface area contributed by atoms with Crippen molar-refractivity contribution in [3.05, 3.63) is 0 Å². The van der Waals surface area contributed by atoms with Crippen LogP contribution in [0, 0.1) is 0 Å². The molecule has 98 valence electrons. The zero-order chi connectivity index (χ0) is 12.8. The van der Waals surface area contributed by atoms with E-state index in [4.69, 9.17) is 5.73 Å². The van der Waals surface area contributed by atoms with E-state index in [-0.39, 0.29) is 6.61 Å². The molecule has 0 radical (unpaired) electrons. The van der Waals surface area contributed by atoms with Crippen molar-refractivity contribution >= 4 is 10.8 Å². The van der Waals surface area contributed by atoms with E-state index in [0.29, 0.717) is 17.9 Å². The molecule has 0 aliphatic carbocycles. The first kappa shape index (κ1) is 15.9. The summed E-state index contributed by atoms with van der Waals surface area (Å²) in [5.41, 5.74) is 5.13. The van der Waals surface area contributed by atoms with Gasteiger partial charge in [0.25, 0.3) is 0 Å². The highest BCUT2D eigenvalue weighted by Crippen LogP contribution is 2.14. The molecule has 1 atom stereocenters. The number of rotatable bonds is 7. The average Bonchev–Trinajstić information content (AvgIpc) is 1.97. The number of alkyl halides is 3. The van der Waals surface area contributed by atoms with Crippen LogP contribution in [0.3, 0.4) is 0 Å². The molecule has 0 spiro atoms. The van der Waals surface area contributed by atoms with Crippen LogP contribution in [-0.4, -0.2) is 40.6 Å². The van der Waals surface area contributed by atoms with Gasteiger partial charge >= 0.3 is 6.18 Å². The molecule has 1 unspecified atom stereocenters. The van der Waals surface area contributed by atoms with Gasteiger partial charge in [-0.25, -0.2) is 0 Å². The normalized spacial score (nSPS) is 15.1. The Morgan fingerprint density at radius 1 is 1.31 bits per heavy atom. The van der Waals surface area contributed by atoms with Gasteiger partial charge in [0.1, 0.15) is 6.61 Å². The summed E-state index contributed by atoms with van der Waals surface area (Å²) >= 11 is 0. The molecular weight excluding hydrogens is 243 g/mol. The predicted octanol–water partition coefficient (Wildman–Crippen LogP) is 1.44. The Kier molecular flexibility index (Phi) is 6.50. The lowest BCUT2D eigenvalue weighted by Crippen LogP contribution is -2.38. The summed E-state index contributed by atoms with van der Waals surface area (Å²) < 4.78 is 50.7. The molecule has 0 aliphatic rings. The van der Waals surface area contributed by atoms with E-state index in [0.717, 1.165) is 0 Å². The molecule has 0 fully saturated rings. The minimum atomic E-state index is -4.29. The number of nitrogens with two attached hydrogens (primary N) is 1. The Bertz CT molecular complexity index is 226. The molecule has 0 aromatic heterocycles. The third kappa shape index (κ3) is 11.9. The summed E-state index contributed by atoms with van der Waals surface area (Å²) in [7, 11) is -1.10. The summed E-state index contributed by atoms with van der Waals surface area (Å²) in [4.78, 5) is 0. The highest BCUT2D eigenvalue weighted by Gasteiger charge is 2.27. The summed E-state index contributed by atoms with van der Waals surface area (Å²) in [6, 6.07) is 0. The second kappa shape index (κ2) is 6.56. The van der Waals surface area contributed by atoms with Crippen molar-refractivity contribution in [2.45, 2.75) is 32.0 Å². The standard InChI is InChI=1S/C9H18F3NO2S/c1-8(2,13)7-16(14)5-3-4-15-6-9(10,11)12/h3-7,13H2,1-2H3. The summed E-state index contributed by atoms with van der Waals surface area (Å²) in [6.07, 6.45) is -3.95. The van der Waals surface area contributed by atoms with Crippen LogP contribution >= 0.6 is 0 Å². The molecule has 2 N–H and O–H groups in total. The van der Waals surface area contributed by atoms with Crippen LogP contribution in [0.1, 0.15) is 20.3 Å². The van der Waals surface area contributed by atoms with Crippen molar-refractivity contribution in [3.63, 3.8) is 0 Å². The molecule has 16 heavy (non-hydrogen) atoms. The molecule has 0 aliphatic heterocycles. The summed E-state index contributed by atoms with van der Waals surface area (Å²) in [5, 5.41) is 0. The van der Waals surface area contributed by atoms with Crippen LogP contribution in [0.5, 0.6) is 0 Å². The summed E-state index contributed by atoms with van der Waals surface area (Å²) in [6.45, 7) is 2.23. The molecule has 3 nitrogen and oxygen atoms in total. The first-order chi connectivity index (χ1) is 7.10. The molecule has 0 aromatic carbocycles. The van der Waals surface area contributed by atoms with Gasteiger partial charge < -0.3 is 10.5 Å². The smallest absolute Gasteiger partial charge is 0.372 e. The number of halogens is 3. The monoisotopic (exact) mass is 261 g/mol. The molecule has 0 amide bonds. The lowest BCUT2D eigenvalue weighted by atomic mass is 10.1. The van der Waals surface area contributed by atoms with Crippen LogP contribution in [0.2, 0.25) is 0 Å². The highest BCUT2D eigenvalue weighted by molar-refractivity contribution is 7.85. The minimum absolute atomic E-state index is 0.0315. The summed E-state index contributed by atoms with van der Waals surface area (Å²) in [5.74, 6) is 0.657. The first-order valence-electron chi connectivity index (χ1n) is 4.88. The maximum Gasteiger partial charge on any atom is 0.411 e. The lowest BCUT2D eigenvalue weighted by Gasteiger charge is -2.17. The Morgan fingerprint density at radius 2 is 1.88 bits per heavy atom. The Morgan fingerprint density at radius 3 is 2.31 bits per heavy atom. The van der Waals surface area contributed by atoms with Crippen LogP contribution in [-0.2, 0) is 15.5 Å². The molecule has 0 rings (SSSR count). The van der Waals surface area contributed by atoms with Crippen LogP contribution < -0.4 is 5.73 Å². The van der Waals surface area contributed by atoms with Crippen molar-refractivity contribution in [3.8, 4) is 0 Å². The Labute approximate surface area is 96.0 Å². The van der Waals surface area contributed by atoms with E-state index in [1.807, 2.05) is 0 Å². The third-order valence-electron chi connectivity index (χ3n) is 1.46. The SMILES string of the molecule is CC(C)(N)CS(=O)CCCOCC(F)(F)F. The highest BCUT2D eigenvalue weighted by atomic mass is 32.2. The van der Waals surface area contributed by atoms with Gasteiger partial charge in [0.15, 0.2) is 0 Å². The van der Waals surface area contributed by atoms with Crippen molar-refractivity contribution in [2.75, 3.05) is 24.7 Å². The van der Waals surface area contributed by atoms with Crippen molar-refractivity contribution in [2.24, 2.45) is 5.73 Å². The van der Waals surface area contributed by atoms with E-state index in [9.17, 15) is 17.4 Å². The fourth-order valence-electron chi connectivity index (χ4n) is 0.997. The fourth-order valence-corrected chi connectivity index (χ4v) is 2.41. The maximum absolute atomic E-state index is 11.7. The van der Waals surface area contributed by atoms with Crippen LogP contribution in [0.4, 0.5) is 13.2 Å². The second-order valence-electron chi connectivity index (χ2n) is 4.30. The van der Waals surface area contributed by atoms with Gasteiger partial charge in [-0.05, 0) is 20.3 Å². The molecule has 0 aromatic rings. The maximum atomic E-state index is 11.7. The molecule has 7 heteroatoms. The van der Waals surface area contributed by atoms with E-state index < -0.39 is 29.1 Å². The minimum Gasteiger partial charge on any atom is -0.372 e. The number of hydrogen-bond acceptors (Lipinski definition) is 3. The van der Waals surface area contributed by atoms with Crippen molar-refractivity contribution in [1.82, 2.24) is 0 Å². The van der Waals surface area contributed by atoms with Crippen molar-refractivity contribution in [1.29, 1.82) is 0 Å². The first-order valence-corrected chi connectivity index (χ1v) is 6.37. The third-order valence-corrected chi connectivity index (χ3v) is 3.27. The van der Waals surface area contributed by atoms with Gasteiger partial charge in [-0.3, -0.25) is 4.21 Å². The molecule has 0 heterocycles. The topological polar surface area (TPSA) is 52.3 Å². The Balaban J connectivity index is 3.50. The molecule has 0 saturated heterocycles. The molecular formula is C9H18F3NO2S. The quantitative estimate of drug-likeness (QED) is 0.706. The van der Waals surface area contributed by atoms with Gasteiger partial charge in [-0.15, -0.1) is 0 Å². The van der Waals surface area contributed by atoms with E-state index >= 15 is 0 Å². The predicted molar refractivity (Wildman–Crippen MR) is 57.6 cm³/mol. The van der Waals surface area contributed by atoms with E-state index in [1.54, 1.807) is 13.8 Å². The van der Waals surface area contributed by atoms with E-state index in [2.05, 4.69) is 4.74 Å². The molecule has 0 bridgehead atoms. The van der Waals surface area contributed by atoms with Gasteiger partial charge in [0.2, 0.25) is 0 Å². The zero-order valence-electron chi connectivity index (χ0n) is 9.47. The number of ether oxygens (including phenoxy) is 1. The van der Waals surface area contributed by atoms with Gasteiger partial charge in [-0.1, -0.05) is 0 Å².